The highest BCUT2D eigenvalue weighted by molar-refractivity contribution is 5.77. The van der Waals surface area contributed by atoms with Gasteiger partial charge < -0.3 is 15.8 Å². The number of carbonyl (C=O) groups excluding carboxylic acids is 1. The summed E-state index contributed by atoms with van der Waals surface area (Å²) in [4.78, 5) is 13.1. The molecule has 3 aromatic carbocycles. The van der Waals surface area contributed by atoms with Crippen LogP contribution in [0.25, 0.3) is 0 Å². The number of aryl methyl sites for hydroxylation is 1. The third kappa shape index (κ3) is 5.14. The van der Waals surface area contributed by atoms with Crippen molar-refractivity contribution in [3.8, 4) is 5.75 Å². The van der Waals surface area contributed by atoms with Crippen molar-refractivity contribution in [1.82, 2.24) is 10.7 Å². The molecule has 3 aromatic rings. The molecule has 0 aromatic heterocycles. The van der Waals surface area contributed by atoms with Gasteiger partial charge in [-0.2, -0.15) is 0 Å². The fourth-order valence-corrected chi connectivity index (χ4v) is 6.45. The molecule has 0 bridgehead atoms. The minimum atomic E-state index is -0.246. The van der Waals surface area contributed by atoms with E-state index in [1.165, 1.54) is 28.9 Å². The maximum Gasteiger partial charge on any atom is 0.220 e. The van der Waals surface area contributed by atoms with Crippen LogP contribution in [0.2, 0.25) is 0 Å². The Morgan fingerprint density at radius 3 is 2.60 bits per heavy atom. The molecule has 0 saturated carbocycles. The largest absolute Gasteiger partial charge is 0.508 e. The average Bonchev–Trinajstić information content (AvgIpc) is 3.58. The lowest BCUT2D eigenvalue weighted by atomic mass is 9.78. The molecule has 1 amide bonds. The second-order valence-corrected chi connectivity index (χ2v) is 10.9. The van der Waals surface area contributed by atoms with Gasteiger partial charge in [-0.25, -0.2) is 4.39 Å². The Balaban J connectivity index is 1.21. The Bertz CT molecular complexity index is 1490. The Morgan fingerprint density at radius 1 is 1.07 bits per heavy atom. The van der Waals surface area contributed by atoms with Crippen molar-refractivity contribution in [3.63, 3.8) is 0 Å². The first-order valence-electron chi connectivity index (χ1n) is 14.1. The topological polar surface area (TPSA) is 64.6 Å². The zero-order valence-corrected chi connectivity index (χ0v) is 22.6. The van der Waals surface area contributed by atoms with E-state index in [0.29, 0.717) is 18.8 Å². The van der Waals surface area contributed by atoms with Gasteiger partial charge in [0.15, 0.2) is 0 Å². The summed E-state index contributed by atoms with van der Waals surface area (Å²) in [5.74, 6) is 0.568. The first-order chi connectivity index (χ1) is 19.5. The number of rotatable bonds is 8. The smallest absolute Gasteiger partial charge is 0.220 e. The van der Waals surface area contributed by atoms with Crippen LogP contribution in [0, 0.1) is 17.7 Å². The van der Waals surface area contributed by atoms with Crippen LogP contribution in [0.1, 0.15) is 49.8 Å². The van der Waals surface area contributed by atoms with Gasteiger partial charge in [0, 0.05) is 24.1 Å². The van der Waals surface area contributed by atoms with E-state index in [4.69, 9.17) is 0 Å². The Hall–Kier alpha value is -4.32. The lowest BCUT2D eigenvalue weighted by molar-refractivity contribution is -0.121. The molecule has 6 rings (SSSR count). The van der Waals surface area contributed by atoms with Crippen LogP contribution in [0.15, 0.2) is 114 Å². The molecule has 3 aliphatic rings. The van der Waals surface area contributed by atoms with E-state index in [9.17, 15) is 14.3 Å². The summed E-state index contributed by atoms with van der Waals surface area (Å²) in [6, 6.07) is 23.9. The van der Waals surface area contributed by atoms with Gasteiger partial charge in [0.05, 0.1) is 17.4 Å². The molecule has 0 radical (unpaired) electrons. The third-order valence-corrected chi connectivity index (χ3v) is 8.46. The first-order valence-corrected chi connectivity index (χ1v) is 14.1. The highest BCUT2D eigenvalue weighted by Gasteiger charge is 2.39. The van der Waals surface area contributed by atoms with Crippen LogP contribution in [0.3, 0.4) is 0 Å². The van der Waals surface area contributed by atoms with Crippen molar-refractivity contribution in [2.24, 2.45) is 11.8 Å². The number of carbonyl (C=O) groups is 1. The lowest BCUT2D eigenvalue weighted by Crippen LogP contribution is -2.31. The van der Waals surface area contributed by atoms with Crippen molar-refractivity contribution in [2.75, 3.05) is 5.01 Å². The van der Waals surface area contributed by atoms with Crippen molar-refractivity contribution in [1.29, 1.82) is 0 Å². The van der Waals surface area contributed by atoms with E-state index < -0.39 is 0 Å². The molecule has 204 valence electrons. The second-order valence-electron chi connectivity index (χ2n) is 10.9. The molecule has 0 spiro atoms. The van der Waals surface area contributed by atoms with Crippen LogP contribution in [-0.2, 0) is 11.2 Å². The highest BCUT2D eigenvalue weighted by Crippen LogP contribution is 2.49. The van der Waals surface area contributed by atoms with Crippen molar-refractivity contribution in [3.05, 3.63) is 130 Å². The molecule has 6 heteroatoms. The summed E-state index contributed by atoms with van der Waals surface area (Å²) in [7, 11) is 0. The normalized spacial score (nSPS) is 20.3. The number of para-hydroxylation sites is 1. The minimum absolute atomic E-state index is 0.0131. The Labute approximate surface area is 234 Å². The maximum atomic E-state index is 13.5. The molecular weight excluding hydrogens is 501 g/mol. The summed E-state index contributed by atoms with van der Waals surface area (Å²) >= 11 is 0. The van der Waals surface area contributed by atoms with Crippen molar-refractivity contribution < 1.29 is 14.3 Å². The van der Waals surface area contributed by atoms with Crippen LogP contribution < -0.4 is 15.8 Å². The first kappa shape index (κ1) is 25.9. The number of allylic oxidation sites excluding steroid dienone is 4. The van der Waals surface area contributed by atoms with E-state index in [2.05, 4.69) is 42.1 Å². The summed E-state index contributed by atoms with van der Waals surface area (Å²) in [5.41, 5.74) is 11.4. The third-order valence-electron chi connectivity index (χ3n) is 8.46. The van der Waals surface area contributed by atoms with Crippen molar-refractivity contribution in [2.45, 2.75) is 45.1 Å². The summed E-state index contributed by atoms with van der Waals surface area (Å²) < 4.78 is 13.5. The number of amides is 1. The molecule has 0 saturated heterocycles. The van der Waals surface area contributed by atoms with Crippen molar-refractivity contribution >= 4 is 11.6 Å². The molecule has 1 aliphatic heterocycles. The zero-order valence-electron chi connectivity index (χ0n) is 22.6. The number of phenols is 1. The van der Waals surface area contributed by atoms with E-state index in [1.54, 1.807) is 24.3 Å². The van der Waals surface area contributed by atoms with Gasteiger partial charge in [-0.05, 0) is 84.7 Å². The number of nitrogens with one attached hydrogen (secondary N) is 2. The molecule has 40 heavy (non-hydrogen) atoms. The number of aromatic hydroxyl groups is 1. The van der Waals surface area contributed by atoms with Gasteiger partial charge in [-0.1, -0.05) is 61.0 Å². The van der Waals surface area contributed by atoms with E-state index in [1.807, 2.05) is 35.3 Å². The fraction of sp³-hybridized carbons (Fsp3) is 0.265. The zero-order chi connectivity index (χ0) is 27.6. The molecule has 1 heterocycles. The molecule has 1 unspecified atom stereocenters. The molecule has 5 nitrogen and oxygen atoms in total. The highest BCUT2D eigenvalue weighted by atomic mass is 19.1. The quantitative estimate of drug-likeness (QED) is 0.295. The second kappa shape index (κ2) is 11.0. The van der Waals surface area contributed by atoms with Crippen LogP contribution in [-0.4, -0.2) is 11.0 Å². The number of hydrogen-bond donors (Lipinski definition) is 3. The number of benzene rings is 3. The number of anilines is 1. The molecular formula is C34H34FN3O2. The van der Waals surface area contributed by atoms with E-state index in [-0.39, 0.29) is 29.4 Å². The SMILES string of the molecule is C[C@H]1C2=CNN(c3ccc(F)cc3)C2=CC2=C1[C@@H](CC(NC(=O)CCc1ccccc1O)c1ccccc1)CC2. The van der Waals surface area contributed by atoms with Gasteiger partial charge in [-0.3, -0.25) is 9.80 Å². The number of phenolic OH excluding ortho intramolecular Hbond substituents is 1. The number of hydrazine groups is 1. The van der Waals surface area contributed by atoms with Crippen LogP contribution >= 0.6 is 0 Å². The fourth-order valence-electron chi connectivity index (χ4n) is 6.45. The summed E-state index contributed by atoms with van der Waals surface area (Å²) in [5, 5.41) is 15.4. The predicted octanol–water partition coefficient (Wildman–Crippen LogP) is 6.86. The monoisotopic (exact) mass is 535 g/mol. The molecule has 3 atom stereocenters. The molecule has 2 aliphatic carbocycles. The van der Waals surface area contributed by atoms with Gasteiger partial charge in [0.1, 0.15) is 11.6 Å². The average molecular weight is 536 g/mol. The maximum absolute atomic E-state index is 13.5. The van der Waals surface area contributed by atoms with Crippen LogP contribution in [0.4, 0.5) is 10.1 Å². The lowest BCUT2D eigenvalue weighted by Gasteiger charge is -2.31. The predicted molar refractivity (Wildman–Crippen MR) is 155 cm³/mol. The summed E-state index contributed by atoms with van der Waals surface area (Å²) in [6.07, 6.45) is 8.05. The summed E-state index contributed by atoms with van der Waals surface area (Å²) in [6.45, 7) is 2.27. The van der Waals surface area contributed by atoms with Gasteiger partial charge in [0.2, 0.25) is 5.91 Å². The molecule has 3 N–H and O–H groups in total. The number of halogens is 1. The molecule has 0 fully saturated rings. The van der Waals surface area contributed by atoms with Gasteiger partial charge in [-0.15, -0.1) is 0 Å². The number of hydrogen-bond acceptors (Lipinski definition) is 4. The Kier molecular flexibility index (Phi) is 7.16. The standard InChI is InChI=1S/C34H34FN3O2/c1-22-29-21-36-38(28-16-14-27(35)15-17-28)31(29)20-26-12-11-25(34(22)26)19-30(23-7-3-2-4-8-23)37-33(40)18-13-24-9-5-6-10-32(24)39/h2-10,14-17,20-22,25,30,36,39H,11-13,18-19H2,1H3,(H,37,40)/t22-,25+,30?/m0/s1. The van der Waals surface area contributed by atoms with Gasteiger partial charge in [0.25, 0.3) is 0 Å². The number of nitrogens with zero attached hydrogens (tertiary/aromatic N) is 1. The number of fused-ring (bicyclic) bond motifs is 1. The van der Waals surface area contributed by atoms with E-state index >= 15 is 0 Å². The Morgan fingerprint density at radius 2 is 1.82 bits per heavy atom. The van der Waals surface area contributed by atoms with E-state index in [0.717, 1.165) is 41.8 Å². The minimum Gasteiger partial charge on any atom is -0.508 e. The van der Waals surface area contributed by atoms with Crippen LogP contribution in [0.5, 0.6) is 5.75 Å². The van der Waals surface area contributed by atoms with Gasteiger partial charge >= 0.3 is 0 Å².